The minimum Gasteiger partial charge on any atom is -0.335 e. The van der Waals surface area contributed by atoms with Gasteiger partial charge in [0.1, 0.15) is 11.8 Å². The van der Waals surface area contributed by atoms with E-state index in [1.165, 1.54) is 0 Å². The van der Waals surface area contributed by atoms with Crippen molar-refractivity contribution in [1.29, 1.82) is 5.26 Å². The quantitative estimate of drug-likeness (QED) is 0.907. The lowest BCUT2D eigenvalue weighted by atomic mass is 9.96. The van der Waals surface area contributed by atoms with Crippen LogP contribution in [-0.2, 0) is 11.8 Å². The van der Waals surface area contributed by atoms with Crippen molar-refractivity contribution in [1.82, 2.24) is 4.57 Å². The Morgan fingerprint density at radius 2 is 2.15 bits per heavy atom. The largest absolute Gasteiger partial charge is 0.335 e. The lowest BCUT2D eigenvalue weighted by Gasteiger charge is -2.09. The van der Waals surface area contributed by atoms with E-state index in [9.17, 15) is 4.79 Å². The average Bonchev–Trinajstić information content (AvgIpc) is 2.97. The molecule has 0 aliphatic carbocycles. The third-order valence-corrected chi connectivity index (χ3v) is 3.94. The summed E-state index contributed by atoms with van der Waals surface area (Å²) in [6, 6.07) is 11.9. The lowest BCUT2D eigenvalue weighted by Crippen LogP contribution is -2.10. The molecule has 1 N–H and O–H groups in total. The Kier molecular flexibility index (Phi) is 2.83. The van der Waals surface area contributed by atoms with Gasteiger partial charge in [-0.25, -0.2) is 0 Å². The van der Waals surface area contributed by atoms with Crippen molar-refractivity contribution in [2.45, 2.75) is 19.3 Å². The zero-order valence-corrected chi connectivity index (χ0v) is 11.5. The highest BCUT2D eigenvalue weighted by molar-refractivity contribution is 6.03. The fourth-order valence-electron chi connectivity index (χ4n) is 2.80. The van der Waals surface area contributed by atoms with Gasteiger partial charge in [-0.05, 0) is 41.8 Å². The summed E-state index contributed by atoms with van der Waals surface area (Å²) in [5, 5.41) is 11.9. The van der Waals surface area contributed by atoms with E-state index in [0.29, 0.717) is 5.69 Å². The predicted octanol–water partition coefficient (Wildman–Crippen LogP) is 3.01. The summed E-state index contributed by atoms with van der Waals surface area (Å²) < 4.78 is 1.87. The van der Waals surface area contributed by atoms with Crippen LogP contribution in [-0.4, -0.2) is 10.5 Å². The Bertz CT molecular complexity index is 737. The average molecular weight is 265 g/mol. The topological polar surface area (TPSA) is 57.8 Å². The van der Waals surface area contributed by atoms with Crippen LogP contribution < -0.4 is 5.32 Å². The normalized spacial score (nSPS) is 16.6. The second-order valence-electron chi connectivity index (χ2n) is 5.03. The van der Waals surface area contributed by atoms with Gasteiger partial charge in [0.15, 0.2) is 0 Å². The number of rotatable bonds is 2. The van der Waals surface area contributed by atoms with Crippen LogP contribution in [0.2, 0.25) is 0 Å². The van der Waals surface area contributed by atoms with E-state index in [1.807, 2.05) is 42.8 Å². The Labute approximate surface area is 117 Å². The standard InChI is InChI=1S/C16H15N3O/c1-3-12-13-8-10(4-6-14(13)18-16(12)20)15-7-5-11(9-17)19(15)2/h4-8,12H,3H2,1-2H3,(H,18,20)/t12-/m0/s1. The fourth-order valence-corrected chi connectivity index (χ4v) is 2.80. The number of aromatic nitrogens is 1. The highest BCUT2D eigenvalue weighted by Crippen LogP contribution is 2.37. The summed E-state index contributed by atoms with van der Waals surface area (Å²) in [4.78, 5) is 11.9. The first-order valence-corrected chi connectivity index (χ1v) is 6.66. The van der Waals surface area contributed by atoms with Gasteiger partial charge in [0.05, 0.1) is 5.92 Å². The van der Waals surface area contributed by atoms with E-state index in [2.05, 4.69) is 17.5 Å². The van der Waals surface area contributed by atoms with E-state index in [4.69, 9.17) is 5.26 Å². The van der Waals surface area contributed by atoms with Gasteiger partial charge < -0.3 is 9.88 Å². The lowest BCUT2D eigenvalue weighted by molar-refractivity contribution is -0.117. The molecule has 3 rings (SSSR count). The molecule has 0 fully saturated rings. The molecule has 0 saturated heterocycles. The molecule has 100 valence electrons. The molecular weight excluding hydrogens is 250 g/mol. The molecule has 2 aromatic rings. The summed E-state index contributed by atoms with van der Waals surface area (Å²) in [5.74, 6) is 0.00454. The second-order valence-corrected chi connectivity index (χ2v) is 5.03. The van der Waals surface area contributed by atoms with E-state index < -0.39 is 0 Å². The summed E-state index contributed by atoms with van der Waals surface area (Å²) in [5.41, 5.74) is 4.60. The first-order valence-electron chi connectivity index (χ1n) is 6.66. The zero-order valence-electron chi connectivity index (χ0n) is 11.5. The zero-order chi connectivity index (χ0) is 14.3. The molecule has 0 unspecified atom stereocenters. The Morgan fingerprint density at radius 1 is 1.35 bits per heavy atom. The summed E-state index contributed by atoms with van der Waals surface area (Å²) in [6.45, 7) is 2.02. The molecule has 20 heavy (non-hydrogen) atoms. The molecule has 4 heteroatoms. The number of hydrogen-bond donors (Lipinski definition) is 1. The summed E-state index contributed by atoms with van der Waals surface area (Å²) in [6.07, 6.45) is 0.791. The van der Waals surface area contributed by atoms with Crippen LogP contribution in [0.25, 0.3) is 11.3 Å². The molecule has 0 saturated carbocycles. The van der Waals surface area contributed by atoms with Crippen LogP contribution in [0.5, 0.6) is 0 Å². The van der Waals surface area contributed by atoms with Crippen LogP contribution in [0.1, 0.15) is 30.5 Å². The molecule has 2 heterocycles. The van der Waals surface area contributed by atoms with E-state index in [1.54, 1.807) is 0 Å². The first kappa shape index (κ1) is 12.5. The van der Waals surface area contributed by atoms with Crippen molar-refractivity contribution in [3.8, 4) is 17.3 Å². The number of carbonyl (C=O) groups is 1. The molecule has 1 aliphatic rings. The van der Waals surface area contributed by atoms with Crippen molar-refractivity contribution in [2.75, 3.05) is 5.32 Å². The van der Waals surface area contributed by atoms with Gasteiger partial charge in [-0.3, -0.25) is 4.79 Å². The monoisotopic (exact) mass is 265 g/mol. The molecule has 4 nitrogen and oxygen atoms in total. The highest BCUT2D eigenvalue weighted by Gasteiger charge is 2.29. The molecule has 1 aromatic carbocycles. The minimum absolute atomic E-state index is 0.0688. The third kappa shape index (κ3) is 1.71. The molecule has 0 spiro atoms. The van der Waals surface area contributed by atoms with Gasteiger partial charge in [-0.15, -0.1) is 0 Å². The molecule has 1 amide bonds. The molecular formula is C16H15N3O. The first-order chi connectivity index (χ1) is 9.65. The van der Waals surface area contributed by atoms with Crippen molar-refractivity contribution >= 4 is 11.6 Å². The third-order valence-electron chi connectivity index (χ3n) is 3.94. The number of nitrogens with one attached hydrogen (secondary N) is 1. The number of carbonyl (C=O) groups excluding carboxylic acids is 1. The highest BCUT2D eigenvalue weighted by atomic mass is 16.2. The van der Waals surface area contributed by atoms with Gasteiger partial charge in [0.2, 0.25) is 5.91 Å². The predicted molar refractivity (Wildman–Crippen MR) is 77.2 cm³/mol. The number of anilines is 1. The maximum Gasteiger partial charge on any atom is 0.231 e. The van der Waals surface area contributed by atoms with Crippen molar-refractivity contribution < 1.29 is 4.79 Å². The molecule has 0 radical (unpaired) electrons. The smallest absolute Gasteiger partial charge is 0.231 e. The van der Waals surface area contributed by atoms with E-state index >= 15 is 0 Å². The Hall–Kier alpha value is -2.54. The van der Waals surface area contributed by atoms with Crippen LogP contribution in [0.15, 0.2) is 30.3 Å². The second kappa shape index (κ2) is 4.53. The van der Waals surface area contributed by atoms with Crippen LogP contribution >= 0.6 is 0 Å². The van der Waals surface area contributed by atoms with Crippen LogP contribution in [0, 0.1) is 11.3 Å². The minimum atomic E-state index is -0.0688. The number of amides is 1. The molecule has 1 aromatic heterocycles. The maximum absolute atomic E-state index is 11.9. The Balaban J connectivity index is 2.10. The number of nitrogens with zero attached hydrogens (tertiary/aromatic N) is 2. The van der Waals surface area contributed by atoms with Crippen LogP contribution in [0.4, 0.5) is 5.69 Å². The maximum atomic E-state index is 11.9. The number of fused-ring (bicyclic) bond motifs is 1. The van der Waals surface area contributed by atoms with Gasteiger partial charge in [-0.2, -0.15) is 5.26 Å². The summed E-state index contributed by atoms with van der Waals surface area (Å²) in [7, 11) is 1.88. The van der Waals surface area contributed by atoms with E-state index in [-0.39, 0.29) is 11.8 Å². The van der Waals surface area contributed by atoms with Crippen molar-refractivity contribution in [2.24, 2.45) is 7.05 Å². The molecule has 0 bridgehead atoms. The van der Waals surface area contributed by atoms with Crippen LogP contribution in [0.3, 0.4) is 0 Å². The molecule has 1 aliphatic heterocycles. The summed E-state index contributed by atoms with van der Waals surface area (Å²) >= 11 is 0. The fraction of sp³-hybridized carbons (Fsp3) is 0.250. The van der Waals surface area contributed by atoms with Gasteiger partial charge in [-0.1, -0.05) is 13.0 Å². The Morgan fingerprint density at radius 3 is 2.80 bits per heavy atom. The number of nitriles is 1. The van der Waals surface area contributed by atoms with Crippen molar-refractivity contribution in [3.05, 3.63) is 41.6 Å². The molecule has 1 atom stereocenters. The van der Waals surface area contributed by atoms with Gasteiger partial charge in [0, 0.05) is 18.4 Å². The number of benzene rings is 1. The number of hydrogen-bond acceptors (Lipinski definition) is 2. The van der Waals surface area contributed by atoms with Crippen molar-refractivity contribution in [3.63, 3.8) is 0 Å². The SMILES string of the molecule is CC[C@@H]1C(=O)Nc2ccc(-c3ccc(C#N)n3C)cc21. The van der Waals surface area contributed by atoms with Gasteiger partial charge in [0.25, 0.3) is 0 Å². The van der Waals surface area contributed by atoms with E-state index in [0.717, 1.165) is 28.9 Å². The van der Waals surface area contributed by atoms with Gasteiger partial charge >= 0.3 is 0 Å².